The number of pyridine rings is 1. The van der Waals surface area contributed by atoms with Crippen LogP contribution in [0.3, 0.4) is 0 Å². The molecule has 3 N–H and O–H groups in total. The molecular formula is C21H18Cl2N8O. The summed E-state index contributed by atoms with van der Waals surface area (Å²) in [5, 5.41) is 4.07. The van der Waals surface area contributed by atoms with Gasteiger partial charge in [-0.3, -0.25) is 4.98 Å². The molecule has 5 rings (SSSR count). The fourth-order valence-electron chi connectivity index (χ4n) is 3.79. The zero-order valence-electron chi connectivity index (χ0n) is 17.0. The number of nitrogen functional groups attached to an aromatic ring is 1. The Balaban J connectivity index is 1.55. The van der Waals surface area contributed by atoms with Crippen molar-refractivity contribution in [2.24, 2.45) is 0 Å². The van der Waals surface area contributed by atoms with Crippen LogP contribution in [0.25, 0.3) is 16.7 Å². The molecule has 0 radical (unpaired) electrons. The van der Waals surface area contributed by atoms with Gasteiger partial charge in [-0.25, -0.2) is 14.3 Å². The van der Waals surface area contributed by atoms with Gasteiger partial charge in [0.2, 0.25) is 5.95 Å². The number of rotatable bonds is 3. The van der Waals surface area contributed by atoms with Crippen LogP contribution < -0.4 is 21.6 Å². The Morgan fingerprint density at radius 3 is 2.69 bits per heavy atom. The van der Waals surface area contributed by atoms with E-state index in [0.29, 0.717) is 5.39 Å². The summed E-state index contributed by atoms with van der Waals surface area (Å²) in [5.41, 5.74) is 8.93. The molecule has 162 valence electrons. The number of nitrogens with one attached hydrogen (secondary N) is 1. The van der Waals surface area contributed by atoms with Gasteiger partial charge in [0.1, 0.15) is 5.82 Å². The maximum atomic E-state index is 12.8. The van der Waals surface area contributed by atoms with Gasteiger partial charge in [-0.1, -0.05) is 29.3 Å². The van der Waals surface area contributed by atoms with Gasteiger partial charge < -0.3 is 16.0 Å². The summed E-state index contributed by atoms with van der Waals surface area (Å²) in [7, 11) is 2.04. The van der Waals surface area contributed by atoms with Gasteiger partial charge in [-0.2, -0.15) is 9.97 Å². The lowest BCUT2D eigenvalue weighted by Crippen LogP contribution is -2.25. The Morgan fingerprint density at radius 1 is 1.12 bits per heavy atom. The van der Waals surface area contributed by atoms with Crippen LogP contribution in [-0.2, 0) is 6.42 Å². The number of nitrogens with zero attached hydrogens (tertiary/aromatic N) is 6. The number of aromatic nitrogens is 5. The highest BCUT2D eigenvalue weighted by molar-refractivity contribution is 6.37. The van der Waals surface area contributed by atoms with E-state index >= 15 is 0 Å². The molecule has 0 atom stereocenters. The second-order valence-corrected chi connectivity index (χ2v) is 8.27. The van der Waals surface area contributed by atoms with Crippen LogP contribution >= 0.6 is 23.2 Å². The van der Waals surface area contributed by atoms with Crippen LogP contribution in [-0.4, -0.2) is 38.1 Å². The molecule has 0 saturated heterocycles. The summed E-state index contributed by atoms with van der Waals surface area (Å²) in [6, 6.07) is 6.92. The number of fused-ring (bicyclic) bond motifs is 2. The quantitative estimate of drug-likeness (QED) is 0.468. The maximum absolute atomic E-state index is 12.8. The molecule has 3 aromatic heterocycles. The van der Waals surface area contributed by atoms with Crippen LogP contribution in [0, 0.1) is 0 Å². The van der Waals surface area contributed by atoms with E-state index in [1.165, 1.54) is 6.20 Å². The topological polar surface area (TPSA) is 115 Å². The van der Waals surface area contributed by atoms with Crippen molar-refractivity contribution in [2.45, 2.75) is 12.8 Å². The highest BCUT2D eigenvalue weighted by Crippen LogP contribution is 2.31. The molecule has 0 amide bonds. The van der Waals surface area contributed by atoms with Crippen LogP contribution in [0.15, 0.2) is 41.5 Å². The number of hydrogen-bond donors (Lipinski definition) is 2. The zero-order valence-corrected chi connectivity index (χ0v) is 18.5. The van der Waals surface area contributed by atoms with Crippen molar-refractivity contribution in [2.75, 3.05) is 29.5 Å². The average molecular weight is 469 g/mol. The summed E-state index contributed by atoms with van der Waals surface area (Å²) < 4.78 is 1.16. The van der Waals surface area contributed by atoms with Gasteiger partial charge in [-0.15, -0.1) is 0 Å². The minimum absolute atomic E-state index is 0.0959. The Bertz CT molecular complexity index is 1400. The van der Waals surface area contributed by atoms with E-state index in [4.69, 9.17) is 28.9 Å². The standard InChI is InChI=1S/C21H18Cl2N8O/c1-30-7-3-6-15-16(30)8-11(9-25-15)27-20-26-10-12-18(24)31(21(32)29-19(12)28-20)17-13(22)4-2-5-14(17)23/h2,4-5,8-10H,3,6-7,24H2,1H3,(H,27,28,29,32). The predicted octanol–water partition coefficient (Wildman–Crippen LogP) is 3.59. The minimum Gasteiger partial charge on any atom is -0.384 e. The number of anilines is 4. The normalized spacial score (nSPS) is 13.3. The second kappa shape index (κ2) is 7.92. The van der Waals surface area contributed by atoms with Crippen molar-refractivity contribution in [3.05, 3.63) is 62.9 Å². The molecule has 0 bridgehead atoms. The lowest BCUT2D eigenvalue weighted by atomic mass is 10.1. The minimum atomic E-state index is -0.647. The van der Waals surface area contributed by atoms with Crippen LogP contribution in [0.2, 0.25) is 10.0 Å². The van der Waals surface area contributed by atoms with Crippen molar-refractivity contribution in [3.8, 4) is 5.69 Å². The average Bonchev–Trinajstić information content (AvgIpc) is 2.76. The van der Waals surface area contributed by atoms with Gasteiger partial charge in [0.15, 0.2) is 5.65 Å². The third kappa shape index (κ3) is 3.49. The van der Waals surface area contributed by atoms with Crippen LogP contribution in [0.5, 0.6) is 0 Å². The number of para-hydroxylation sites is 1. The van der Waals surface area contributed by atoms with E-state index in [9.17, 15) is 4.79 Å². The number of benzene rings is 1. The van der Waals surface area contributed by atoms with E-state index in [1.54, 1.807) is 24.4 Å². The maximum Gasteiger partial charge on any atom is 0.355 e. The number of nitrogens with two attached hydrogens (primary N) is 1. The third-order valence-electron chi connectivity index (χ3n) is 5.36. The smallest absolute Gasteiger partial charge is 0.355 e. The van der Waals surface area contributed by atoms with E-state index in [0.717, 1.165) is 41.0 Å². The molecule has 11 heteroatoms. The van der Waals surface area contributed by atoms with Crippen molar-refractivity contribution >= 4 is 57.4 Å². The molecule has 4 heterocycles. The molecule has 1 aliphatic heterocycles. The Morgan fingerprint density at radius 2 is 1.91 bits per heavy atom. The molecule has 1 aromatic carbocycles. The monoisotopic (exact) mass is 468 g/mol. The summed E-state index contributed by atoms with van der Waals surface area (Å²) in [4.78, 5) is 32.3. The Kier molecular flexibility index (Phi) is 5.07. The zero-order chi connectivity index (χ0) is 22.4. The van der Waals surface area contributed by atoms with Gasteiger partial charge in [0.25, 0.3) is 0 Å². The fraction of sp³-hybridized carbons (Fsp3) is 0.190. The predicted molar refractivity (Wildman–Crippen MR) is 126 cm³/mol. The largest absolute Gasteiger partial charge is 0.384 e. The van der Waals surface area contributed by atoms with Crippen LogP contribution in [0.4, 0.5) is 23.1 Å². The van der Waals surface area contributed by atoms with Crippen molar-refractivity contribution in [3.63, 3.8) is 0 Å². The Hall–Kier alpha value is -3.43. The summed E-state index contributed by atoms with van der Waals surface area (Å²) in [6.07, 6.45) is 5.29. The van der Waals surface area contributed by atoms with Crippen molar-refractivity contribution in [1.29, 1.82) is 0 Å². The van der Waals surface area contributed by atoms with Gasteiger partial charge >= 0.3 is 5.69 Å². The first-order chi connectivity index (χ1) is 15.4. The van der Waals surface area contributed by atoms with Crippen LogP contribution in [0.1, 0.15) is 12.1 Å². The third-order valence-corrected chi connectivity index (χ3v) is 5.97. The molecule has 32 heavy (non-hydrogen) atoms. The number of halogens is 2. The summed E-state index contributed by atoms with van der Waals surface area (Å²) in [6.45, 7) is 0.982. The van der Waals surface area contributed by atoms with Crippen molar-refractivity contribution in [1.82, 2.24) is 24.5 Å². The fourth-order valence-corrected chi connectivity index (χ4v) is 4.35. The molecule has 1 aliphatic rings. The molecule has 0 aliphatic carbocycles. The van der Waals surface area contributed by atoms with E-state index < -0.39 is 5.69 Å². The van der Waals surface area contributed by atoms with E-state index in [2.05, 4.69) is 30.2 Å². The Labute approximate surface area is 192 Å². The molecule has 9 nitrogen and oxygen atoms in total. The summed E-state index contributed by atoms with van der Waals surface area (Å²) in [5.74, 6) is 0.371. The van der Waals surface area contributed by atoms with E-state index in [1.807, 2.05) is 13.1 Å². The SMILES string of the molecule is CN1CCCc2ncc(Nc3ncc4c(N)n(-c5c(Cl)cccc5Cl)c(=O)nc4n3)cc21. The molecule has 0 unspecified atom stereocenters. The number of aryl methyl sites for hydroxylation is 1. The van der Waals surface area contributed by atoms with E-state index in [-0.39, 0.29) is 33.1 Å². The van der Waals surface area contributed by atoms with Crippen molar-refractivity contribution < 1.29 is 0 Å². The van der Waals surface area contributed by atoms with Gasteiger partial charge in [0, 0.05) is 19.8 Å². The highest BCUT2D eigenvalue weighted by Gasteiger charge is 2.18. The lowest BCUT2D eigenvalue weighted by Gasteiger charge is -2.27. The first kappa shape index (κ1) is 20.5. The first-order valence-corrected chi connectivity index (χ1v) is 10.6. The molecule has 4 aromatic rings. The van der Waals surface area contributed by atoms with Gasteiger partial charge in [0.05, 0.1) is 44.4 Å². The molecule has 0 saturated carbocycles. The molecule has 0 fully saturated rings. The molecular weight excluding hydrogens is 451 g/mol. The highest BCUT2D eigenvalue weighted by atomic mass is 35.5. The van der Waals surface area contributed by atoms with Gasteiger partial charge in [-0.05, 0) is 31.0 Å². The number of hydrogen-bond acceptors (Lipinski definition) is 8. The first-order valence-electron chi connectivity index (χ1n) is 9.89. The molecule has 0 spiro atoms. The second-order valence-electron chi connectivity index (χ2n) is 7.46. The summed E-state index contributed by atoms with van der Waals surface area (Å²) >= 11 is 12.5. The lowest BCUT2D eigenvalue weighted by molar-refractivity contribution is 0.725.